The Morgan fingerprint density at radius 3 is 2.48 bits per heavy atom. The van der Waals surface area contributed by atoms with Crippen LogP contribution in [0.4, 0.5) is 0 Å². The number of Topliss-reactive ketones (excluding diaryl/α,β-unsaturated/α-hetero) is 1. The Hall–Kier alpha value is -1.71. The maximum absolute atomic E-state index is 13.1. The summed E-state index contributed by atoms with van der Waals surface area (Å²) in [5.41, 5.74) is 1.02. The maximum atomic E-state index is 13.1. The summed E-state index contributed by atoms with van der Waals surface area (Å²) in [6.45, 7) is 7.98. The lowest BCUT2D eigenvalue weighted by molar-refractivity contribution is 0.0751. The second-order valence-electron chi connectivity index (χ2n) is 7.68. The van der Waals surface area contributed by atoms with Gasteiger partial charge in [-0.25, -0.2) is 0 Å². The minimum Gasteiger partial charge on any atom is -0.507 e. The van der Waals surface area contributed by atoms with Crippen LogP contribution < -0.4 is 4.74 Å². The van der Waals surface area contributed by atoms with Crippen LogP contribution in [0, 0.1) is 11.8 Å². The predicted molar refractivity (Wildman–Crippen MR) is 88.6 cm³/mol. The van der Waals surface area contributed by atoms with E-state index in [9.17, 15) is 15.0 Å². The topological polar surface area (TPSA) is 66.8 Å². The number of carbonyl (C=O) groups is 1. The van der Waals surface area contributed by atoms with Gasteiger partial charge in [-0.05, 0) is 24.7 Å². The van der Waals surface area contributed by atoms with Crippen molar-refractivity contribution in [2.24, 2.45) is 11.8 Å². The molecule has 3 atom stereocenters. The Morgan fingerprint density at radius 1 is 1.26 bits per heavy atom. The first-order valence-corrected chi connectivity index (χ1v) is 8.46. The number of ketones is 1. The summed E-state index contributed by atoms with van der Waals surface area (Å²) in [6, 6.07) is 0. The second-order valence-corrected chi connectivity index (χ2v) is 7.68. The van der Waals surface area contributed by atoms with Gasteiger partial charge in [-0.15, -0.1) is 0 Å². The minimum absolute atomic E-state index is 0.00234. The molecule has 0 amide bonds. The first-order chi connectivity index (χ1) is 10.8. The molecule has 2 aliphatic rings. The van der Waals surface area contributed by atoms with Crippen molar-refractivity contribution in [1.82, 2.24) is 0 Å². The van der Waals surface area contributed by atoms with Crippen molar-refractivity contribution in [2.75, 3.05) is 7.11 Å². The Balaban J connectivity index is 2.37. The van der Waals surface area contributed by atoms with Gasteiger partial charge in [0.1, 0.15) is 5.75 Å². The van der Waals surface area contributed by atoms with Crippen LogP contribution in [-0.4, -0.2) is 23.1 Å². The van der Waals surface area contributed by atoms with Crippen LogP contribution in [0.15, 0.2) is 0 Å². The van der Waals surface area contributed by atoms with Crippen molar-refractivity contribution < 1.29 is 19.7 Å². The molecule has 126 valence electrons. The fraction of sp³-hybridized carbons (Fsp3) is 0.632. The van der Waals surface area contributed by atoms with E-state index in [0.717, 1.165) is 19.3 Å². The van der Waals surface area contributed by atoms with Crippen LogP contribution in [-0.2, 0) is 5.41 Å². The van der Waals surface area contributed by atoms with Crippen molar-refractivity contribution in [3.8, 4) is 17.2 Å². The van der Waals surface area contributed by atoms with Gasteiger partial charge in [-0.3, -0.25) is 4.79 Å². The summed E-state index contributed by atoms with van der Waals surface area (Å²) >= 11 is 0. The van der Waals surface area contributed by atoms with E-state index >= 15 is 0 Å². The van der Waals surface area contributed by atoms with Gasteiger partial charge in [0.25, 0.3) is 0 Å². The zero-order valence-corrected chi connectivity index (χ0v) is 14.6. The Bertz CT molecular complexity index is 677. The number of benzene rings is 1. The fourth-order valence-corrected chi connectivity index (χ4v) is 4.98. The molecular weight excluding hydrogens is 292 g/mol. The zero-order valence-electron chi connectivity index (χ0n) is 14.6. The van der Waals surface area contributed by atoms with E-state index < -0.39 is 5.41 Å². The summed E-state index contributed by atoms with van der Waals surface area (Å²) < 4.78 is 5.41. The predicted octanol–water partition coefficient (Wildman–Crippen LogP) is 4.12. The van der Waals surface area contributed by atoms with Crippen LogP contribution >= 0.6 is 0 Å². The molecule has 2 aliphatic carbocycles. The largest absolute Gasteiger partial charge is 0.507 e. The normalized spacial score (nSPS) is 29.6. The molecule has 23 heavy (non-hydrogen) atoms. The lowest BCUT2D eigenvalue weighted by atomic mass is 9.63. The summed E-state index contributed by atoms with van der Waals surface area (Å²) in [6.07, 6.45) is 2.88. The fourth-order valence-electron chi connectivity index (χ4n) is 4.98. The highest BCUT2D eigenvalue weighted by atomic mass is 16.5. The molecular formula is C19H26O4. The molecule has 0 spiro atoms. The van der Waals surface area contributed by atoms with Crippen molar-refractivity contribution in [2.45, 2.75) is 58.3 Å². The molecule has 3 unspecified atom stereocenters. The third kappa shape index (κ3) is 1.93. The standard InChI is InChI=1S/C19H26O4/c1-9(2)11-15(20)12-14(17(22)18(11)23-5)19(4)8-6-7-10(3)13(19)16(12)21/h9-10,13,20,22H,6-8H2,1-5H3. The number of aromatic hydroxyl groups is 2. The van der Waals surface area contributed by atoms with Gasteiger partial charge in [0.15, 0.2) is 17.3 Å². The number of carbonyl (C=O) groups excluding carboxylic acids is 1. The van der Waals surface area contributed by atoms with Crippen molar-refractivity contribution in [3.05, 3.63) is 16.7 Å². The van der Waals surface area contributed by atoms with Crippen molar-refractivity contribution in [1.29, 1.82) is 0 Å². The number of methoxy groups -OCH3 is 1. The van der Waals surface area contributed by atoms with E-state index in [1.165, 1.54) is 7.11 Å². The molecule has 0 radical (unpaired) electrons. The third-order valence-electron chi connectivity index (χ3n) is 5.93. The van der Waals surface area contributed by atoms with Gasteiger partial charge in [-0.1, -0.05) is 34.1 Å². The van der Waals surface area contributed by atoms with Gasteiger partial charge in [0, 0.05) is 22.5 Å². The second kappa shape index (κ2) is 5.15. The number of ether oxygens (including phenoxy) is 1. The average Bonchev–Trinajstić information content (AvgIpc) is 2.71. The van der Waals surface area contributed by atoms with Crippen LogP contribution in [0.1, 0.15) is 74.4 Å². The molecule has 3 rings (SSSR count). The molecule has 0 heterocycles. The van der Waals surface area contributed by atoms with E-state index in [-0.39, 0.29) is 35.0 Å². The van der Waals surface area contributed by atoms with E-state index in [1.54, 1.807) is 0 Å². The summed E-state index contributed by atoms with van der Waals surface area (Å²) in [5, 5.41) is 21.7. The number of phenolic OH excluding ortho intramolecular Hbond substituents is 2. The van der Waals surface area contributed by atoms with Crippen LogP contribution in [0.3, 0.4) is 0 Å². The SMILES string of the molecule is COc1c(O)c2c(c(O)c1C(C)C)C(=O)C1C(C)CCCC21C. The number of hydrogen-bond acceptors (Lipinski definition) is 4. The third-order valence-corrected chi connectivity index (χ3v) is 5.93. The molecule has 0 saturated heterocycles. The molecule has 0 aliphatic heterocycles. The van der Waals surface area contributed by atoms with Crippen LogP contribution in [0.25, 0.3) is 0 Å². The average molecular weight is 318 g/mol. The van der Waals surface area contributed by atoms with E-state index in [4.69, 9.17) is 4.74 Å². The molecule has 0 bridgehead atoms. The van der Waals surface area contributed by atoms with Crippen molar-refractivity contribution >= 4 is 5.78 Å². The van der Waals surface area contributed by atoms with Crippen molar-refractivity contribution in [3.63, 3.8) is 0 Å². The quantitative estimate of drug-likeness (QED) is 0.805. The smallest absolute Gasteiger partial charge is 0.171 e. The van der Waals surface area contributed by atoms with E-state index in [2.05, 4.69) is 6.92 Å². The first-order valence-electron chi connectivity index (χ1n) is 8.46. The molecule has 4 nitrogen and oxygen atoms in total. The van der Waals surface area contributed by atoms with Gasteiger partial charge >= 0.3 is 0 Å². The van der Waals surface area contributed by atoms with Gasteiger partial charge < -0.3 is 14.9 Å². The molecule has 1 fully saturated rings. The van der Waals surface area contributed by atoms with Crippen LogP contribution in [0.2, 0.25) is 0 Å². The van der Waals surface area contributed by atoms with Gasteiger partial charge in [0.05, 0.1) is 12.7 Å². The number of hydrogen-bond donors (Lipinski definition) is 2. The minimum atomic E-state index is -0.422. The molecule has 2 N–H and O–H groups in total. The number of fused-ring (bicyclic) bond motifs is 3. The van der Waals surface area contributed by atoms with Crippen LogP contribution in [0.5, 0.6) is 17.2 Å². The number of phenols is 2. The summed E-state index contributed by atoms with van der Waals surface area (Å²) in [5.74, 6) is 0.350. The first kappa shape index (κ1) is 16.2. The monoisotopic (exact) mass is 318 g/mol. The van der Waals surface area contributed by atoms with E-state index in [0.29, 0.717) is 22.4 Å². The lowest BCUT2D eigenvalue weighted by Crippen LogP contribution is -2.38. The lowest BCUT2D eigenvalue weighted by Gasteiger charge is -2.40. The van der Waals surface area contributed by atoms with Gasteiger partial charge in [-0.2, -0.15) is 0 Å². The highest BCUT2D eigenvalue weighted by molar-refractivity contribution is 6.08. The summed E-state index contributed by atoms with van der Waals surface area (Å²) in [7, 11) is 1.49. The van der Waals surface area contributed by atoms with Gasteiger partial charge in [0.2, 0.25) is 0 Å². The Kier molecular flexibility index (Phi) is 3.62. The molecule has 1 aromatic carbocycles. The highest BCUT2D eigenvalue weighted by Gasteiger charge is 2.56. The Labute approximate surface area is 137 Å². The van der Waals surface area contributed by atoms with E-state index in [1.807, 2.05) is 20.8 Å². The number of rotatable bonds is 2. The summed E-state index contributed by atoms with van der Waals surface area (Å²) in [4.78, 5) is 13.1. The molecule has 1 saturated carbocycles. The maximum Gasteiger partial charge on any atom is 0.171 e. The highest BCUT2D eigenvalue weighted by Crippen LogP contribution is 2.61. The molecule has 0 aromatic heterocycles. The molecule has 1 aromatic rings. The Morgan fingerprint density at radius 2 is 1.91 bits per heavy atom. The molecule has 4 heteroatoms. The zero-order chi connectivity index (χ0) is 17.1.